The smallest absolute Gasteiger partial charge is 0.121 e. The van der Waals surface area contributed by atoms with Crippen molar-refractivity contribution in [1.29, 1.82) is 0 Å². The van der Waals surface area contributed by atoms with E-state index in [2.05, 4.69) is 52.2 Å². The van der Waals surface area contributed by atoms with Crippen LogP contribution < -0.4 is 10.6 Å². The van der Waals surface area contributed by atoms with E-state index >= 15 is 0 Å². The first-order chi connectivity index (χ1) is 13.6. The predicted octanol–water partition coefficient (Wildman–Crippen LogP) is 6.38. The number of hydrogen-bond donors (Lipinski definition) is 4. The maximum atomic E-state index is 10.5. The van der Waals surface area contributed by atoms with Gasteiger partial charge >= 0.3 is 0 Å². The maximum Gasteiger partial charge on any atom is 0.121 e. The first kappa shape index (κ1) is 22.9. The van der Waals surface area contributed by atoms with Crippen molar-refractivity contribution < 1.29 is 10.2 Å². The number of rotatable bonds is 10. The molecule has 4 nitrogen and oxygen atoms in total. The van der Waals surface area contributed by atoms with E-state index in [1.807, 2.05) is 24.3 Å². The summed E-state index contributed by atoms with van der Waals surface area (Å²) in [5.74, 6) is 1.75. The highest BCUT2D eigenvalue weighted by Crippen LogP contribution is 2.30. The Balaban J connectivity index is 2.04. The molecule has 0 aliphatic carbocycles. The molecule has 0 aromatic heterocycles. The van der Waals surface area contributed by atoms with E-state index in [0.717, 1.165) is 35.3 Å². The average molecular weight is 399 g/mol. The fourth-order valence-electron chi connectivity index (χ4n) is 3.91. The van der Waals surface area contributed by atoms with Crippen LogP contribution in [0.3, 0.4) is 0 Å². The van der Waals surface area contributed by atoms with Gasteiger partial charge < -0.3 is 20.8 Å². The minimum absolute atomic E-state index is 0.249. The first-order valence-corrected chi connectivity index (χ1v) is 10.8. The van der Waals surface area contributed by atoms with Crippen molar-refractivity contribution in [2.45, 2.75) is 72.9 Å². The van der Waals surface area contributed by atoms with Gasteiger partial charge in [0.25, 0.3) is 0 Å². The van der Waals surface area contributed by atoms with Crippen molar-refractivity contribution in [3.63, 3.8) is 0 Å². The van der Waals surface area contributed by atoms with E-state index in [1.165, 1.54) is 0 Å². The summed E-state index contributed by atoms with van der Waals surface area (Å²) in [6.07, 6.45) is 2.64. The van der Waals surface area contributed by atoms with Gasteiger partial charge in [0.1, 0.15) is 11.5 Å². The Kier molecular flexibility index (Phi) is 8.24. The summed E-state index contributed by atoms with van der Waals surface area (Å²) < 4.78 is 0. The van der Waals surface area contributed by atoms with Gasteiger partial charge in [0.2, 0.25) is 0 Å². The summed E-state index contributed by atoms with van der Waals surface area (Å²) in [7, 11) is 0. The van der Waals surface area contributed by atoms with Crippen LogP contribution in [0.25, 0.3) is 0 Å². The number of aromatic hydroxyl groups is 2. The number of nitrogens with one attached hydrogen (secondary N) is 2. The second-order valence-electron chi connectivity index (χ2n) is 9.21. The zero-order valence-electron chi connectivity index (χ0n) is 18.8. The number of anilines is 2. The molecular formula is C25H38N2O2. The van der Waals surface area contributed by atoms with Gasteiger partial charge in [-0.25, -0.2) is 0 Å². The molecule has 0 amide bonds. The number of benzene rings is 2. The Labute approximate surface area is 176 Å². The van der Waals surface area contributed by atoms with Crippen LogP contribution in [0.1, 0.15) is 65.5 Å². The van der Waals surface area contributed by atoms with Crippen molar-refractivity contribution in [1.82, 2.24) is 0 Å². The largest absolute Gasteiger partial charge is 0.508 e. The summed E-state index contributed by atoms with van der Waals surface area (Å²) in [6, 6.07) is 12.1. The molecule has 0 radical (unpaired) electrons. The standard InChI is InChI=1S/C25H38N2O2/c1-16(2)11-18(5)26-22-9-7-20(24(28)14-22)13-21-8-10-23(15-25(21)29)27-19(6)12-17(3)4/h7-10,14-19,26-29H,11-13H2,1-6H3. The topological polar surface area (TPSA) is 64.5 Å². The molecule has 4 N–H and O–H groups in total. The fourth-order valence-corrected chi connectivity index (χ4v) is 3.91. The maximum absolute atomic E-state index is 10.5. The number of phenols is 2. The SMILES string of the molecule is CC(C)CC(C)Nc1ccc(Cc2ccc(NC(C)CC(C)C)cc2O)c(O)c1. The molecule has 0 spiro atoms. The molecule has 0 aliphatic heterocycles. The molecule has 29 heavy (non-hydrogen) atoms. The van der Waals surface area contributed by atoms with Crippen LogP contribution in [-0.4, -0.2) is 22.3 Å². The second-order valence-corrected chi connectivity index (χ2v) is 9.21. The normalized spacial score (nSPS) is 13.5. The van der Waals surface area contributed by atoms with Crippen LogP contribution >= 0.6 is 0 Å². The molecule has 160 valence electrons. The zero-order chi connectivity index (χ0) is 21.6. The van der Waals surface area contributed by atoms with Crippen molar-refractivity contribution in [3.8, 4) is 11.5 Å². The molecule has 2 rings (SSSR count). The van der Waals surface area contributed by atoms with Crippen LogP contribution in [0.5, 0.6) is 11.5 Å². The Morgan fingerprint density at radius 1 is 0.655 bits per heavy atom. The van der Waals surface area contributed by atoms with Gasteiger partial charge in [0.15, 0.2) is 0 Å². The van der Waals surface area contributed by atoms with Crippen molar-refractivity contribution >= 4 is 11.4 Å². The Bertz CT molecular complexity index is 721. The van der Waals surface area contributed by atoms with E-state index < -0.39 is 0 Å². The summed E-state index contributed by atoms with van der Waals surface area (Å²) >= 11 is 0. The first-order valence-electron chi connectivity index (χ1n) is 10.8. The summed E-state index contributed by atoms with van der Waals surface area (Å²) in [5, 5.41) is 27.8. The molecule has 0 fully saturated rings. The van der Waals surface area contributed by atoms with Gasteiger partial charge in [0.05, 0.1) is 0 Å². The van der Waals surface area contributed by atoms with E-state index in [0.29, 0.717) is 30.3 Å². The third-order valence-corrected chi connectivity index (χ3v) is 5.03. The lowest BCUT2D eigenvalue weighted by atomic mass is 10.0. The third kappa shape index (κ3) is 7.52. The molecule has 2 aromatic rings. The molecule has 0 saturated heterocycles. The highest BCUT2D eigenvalue weighted by molar-refractivity contribution is 5.56. The van der Waals surface area contributed by atoms with Gasteiger partial charge in [-0.1, -0.05) is 39.8 Å². The number of phenolic OH excluding ortho intramolecular Hbond substituents is 2. The number of hydrogen-bond acceptors (Lipinski definition) is 4. The van der Waals surface area contributed by atoms with E-state index in [-0.39, 0.29) is 11.5 Å². The minimum Gasteiger partial charge on any atom is -0.508 e. The van der Waals surface area contributed by atoms with Crippen LogP contribution in [0.15, 0.2) is 36.4 Å². The molecule has 2 unspecified atom stereocenters. The minimum atomic E-state index is 0.249. The molecule has 0 bridgehead atoms. The van der Waals surface area contributed by atoms with Crippen molar-refractivity contribution in [2.24, 2.45) is 11.8 Å². The van der Waals surface area contributed by atoms with Crippen molar-refractivity contribution in [3.05, 3.63) is 47.5 Å². The van der Waals surface area contributed by atoms with E-state index in [4.69, 9.17) is 0 Å². The van der Waals surface area contributed by atoms with Crippen LogP contribution in [-0.2, 0) is 6.42 Å². The highest BCUT2D eigenvalue weighted by atomic mass is 16.3. The molecule has 4 heteroatoms. The van der Waals surface area contributed by atoms with Crippen molar-refractivity contribution in [2.75, 3.05) is 10.6 Å². The fraction of sp³-hybridized carbons (Fsp3) is 0.520. The lowest BCUT2D eigenvalue weighted by molar-refractivity contribution is 0.463. The molecule has 0 aliphatic rings. The van der Waals surface area contributed by atoms with E-state index in [9.17, 15) is 10.2 Å². The molecule has 0 heterocycles. The quantitative estimate of drug-likeness (QED) is 0.375. The van der Waals surface area contributed by atoms with Crippen LogP contribution in [0.4, 0.5) is 11.4 Å². The molecule has 2 atom stereocenters. The zero-order valence-corrected chi connectivity index (χ0v) is 18.8. The molecular weight excluding hydrogens is 360 g/mol. The Morgan fingerprint density at radius 2 is 1.03 bits per heavy atom. The molecule has 2 aromatic carbocycles. The Morgan fingerprint density at radius 3 is 1.34 bits per heavy atom. The van der Waals surface area contributed by atoms with Crippen LogP contribution in [0.2, 0.25) is 0 Å². The van der Waals surface area contributed by atoms with Crippen LogP contribution in [0, 0.1) is 11.8 Å². The lowest BCUT2D eigenvalue weighted by Crippen LogP contribution is -2.17. The monoisotopic (exact) mass is 398 g/mol. The third-order valence-electron chi connectivity index (χ3n) is 5.03. The van der Waals surface area contributed by atoms with E-state index in [1.54, 1.807) is 12.1 Å². The van der Waals surface area contributed by atoms with Gasteiger partial charge in [-0.3, -0.25) is 0 Å². The second kappa shape index (κ2) is 10.4. The summed E-state index contributed by atoms with van der Waals surface area (Å²) in [4.78, 5) is 0. The van der Waals surface area contributed by atoms with Gasteiger partial charge in [-0.15, -0.1) is 0 Å². The summed E-state index contributed by atoms with van der Waals surface area (Å²) in [5.41, 5.74) is 3.44. The molecule has 0 saturated carbocycles. The van der Waals surface area contributed by atoms with Gasteiger partial charge in [0, 0.05) is 42.0 Å². The average Bonchev–Trinajstić information content (AvgIpc) is 2.57. The predicted molar refractivity (Wildman–Crippen MR) is 124 cm³/mol. The highest BCUT2D eigenvalue weighted by Gasteiger charge is 2.11. The van der Waals surface area contributed by atoms with Gasteiger partial charge in [-0.2, -0.15) is 0 Å². The lowest BCUT2D eigenvalue weighted by Gasteiger charge is -2.19. The Hall–Kier alpha value is -2.36. The van der Waals surface area contributed by atoms with Gasteiger partial charge in [-0.05, 0) is 61.8 Å². The summed E-state index contributed by atoms with van der Waals surface area (Å²) in [6.45, 7) is 13.1.